The largest absolute Gasteiger partial charge is 0.497 e. The molecule has 20 heavy (non-hydrogen) atoms. The Morgan fingerprint density at radius 3 is 2.55 bits per heavy atom. The number of hydrogen-bond donors (Lipinski definition) is 0. The Labute approximate surface area is 117 Å². The Hall–Kier alpha value is -2.36. The quantitative estimate of drug-likeness (QED) is 0.793. The zero-order valence-electron chi connectivity index (χ0n) is 11.7. The molecule has 0 aliphatic rings. The first-order valence-corrected chi connectivity index (χ1v) is 6.21. The van der Waals surface area contributed by atoms with E-state index >= 15 is 0 Å². The lowest BCUT2D eigenvalue weighted by molar-refractivity contribution is 0.101. The van der Waals surface area contributed by atoms with E-state index in [9.17, 15) is 9.18 Å². The molecule has 2 aromatic carbocycles. The van der Waals surface area contributed by atoms with E-state index in [0.29, 0.717) is 17.0 Å². The molecule has 0 N–H and O–H groups in total. The van der Waals surface area contributed by atoms with Crippen molar-refractivity contribution in [1.29, 1.82) is 0 Å². The summed E-state index contributed by atoms with van der Waals surface area (Å²) in [6.45, 7) is 1.42. The second-order valence-electron chi connectivity index (χ2n) is 4.48. The molecule has 0 amide bonds. The third-order valence-corrected chi connectivity index (χ3v) is 3.16. The predicted molar refractivity (Wildman–Crippen MR) is 77.5 cm³/mol. The van der Waals surface area contributed by atoms with Crippen LogP contribution in [0, 0.1) is 5.82 Å². The summed E-state index contributed by atoms with van der Waals surface area (Å²) in [4.78, 5) is 12.9. The lowest BCUT2D eigenvalue weighted by Gasteiger charge is -2.21. The van der Waals surface area contributed by atoms with E-state index in [1.54, 1.807) is 31.2 Å². The van der Waals surface area contributed by atoms with E-state index in [0.717, 1.165) is 5.69 Å². The van der Waals surface area contributed by atoms with Crippen LogP contribution < -0.4 is 9.64 Å². The third-order valence-electron chi connectivity index (χ3n) is 3.16. The molecule has 0 saturated carbocycles. The van der Waals surface area contributed by atoms with Gasteiger partial charge in [0.15, 0.2) is 5.78 Å². The summed E-state index contributed by atoms with van der Waals surface area (Å²) in [5.74, 6) is 0.123. The van der Waals surface area contributed by atoms with Gasteiger partial charge in [0.2, 0.25) is 0 Å². The Morgan fingerprint density at radius 2 is 1.95 bits per heavy atom. The fraction of sp³-hybridized carbons (Fsp3) is 0.188. The molecule has 0 heterocycles. The highest BCUT2D eigenvalue weighted by Gasteiger charge is 2.12. The van der Waals surface area contributed by atoms with Crippen molar-refractivity contribution in [2.45, 2.75) is 6.92 Å². The minimum atomic E-state index is -0.428. The zero-order valence-corrected chi connectivity index (χ0v) is 11.7. The lowest BCUT2D eigenvalue weighted by atomic mass is 10.1. The summed E-state index contributed by atoms with van der Waals surface area (Å²) in [6, 6.07) is 11.8. The number of rotatable bonds is 4. The second kappa shape index (κ2) is 5.74. The fourth-order valence-electron chi connectivity index (χ4n) is 1.96. The number of anilines is 2. The SMILES string of the molecule is COc1cccc(N(C)c2ccc(C(C)=O)cc2F)c1. The summed E-state index contributed by atoms with van der Waals surface area (Å²) >= 11 is 0. The molecule has 0 saturated heterocycles. The molecule has 0 fully saturated rings. The van der Waals surface area contributed by atoms with Crippen LogP contribution in [0.15, 0.2) is 42.5 Å². The molecule has 2 rings (SSSR count). The van der Waals surface area contributed by atoms with Crippen LogP contribution in [0.5, 0.6) is 5.75 Å². The monoisotopic (exact) mass is 273 g/mol. The van der Waals surface area contributed by atoms with Gasteiger partial charge in [0.1, 0.15) is 11.6 Å². The maximum absolute atomic E-state index is 14.1. The minimum absolute atomic E-state index is 0.153. The van der Waals surface area contributed by atoms with Crippen molar-refractivity contribution in [3.8, 4) is 5.75 Å². The van der Waals surface area contributed by atoms with E-state index in [1.165, 1.54) is 13.0 Å². The summed E-state index contributed by atoms with van der Waals surface area (Å²) in [7, 11) is 3.35. The maximum Gasteiger partial charge on any atom is 0.159 e. The first-order chi connectivity index (χ1) is 9.52. The Morgan fingerprint density at radius 1 is 1.20 bits per heavy atom. The molecule has 4 heteroatoms. The van der Waals surface area contributed by atoms with Crippen molar-refractivity contribution < 1.29 is 13.9 Å². The van der Waals surface area contributed by atoms with E-state index in [-0.39, 0.29) is 5.78 Å². The number of Topliss-reactive ketones (excluding diaryl/α,β-unsaturated/α-hetero) is 1. The van der Waals surface area contributed by atoms with E-state index in [4.69, 9.17) is 4.74 Å². The first-order valence-electron chi connectivity index (χ1n) is 6.21. The number of hydrogen-bond acceptors (Lipinski definition) is 3. The highest BCUT2D eigenvalue weighted by molar-refractivity contribution is 5.94. The molecule has 0 aliphatic heterocycles. The van der Waals surface area contributed by atoms with Gasteiger partial charge in [-0.1, -0.05) is 6.07 Å². The molecule has 0 aromatic heterocycles. The van der Waals surface area contributed by atoms with Crippen molar-refractivity contribution in [3.63, 3.8) is 0 Å². The van der Waals surface area contributed by atoms with Gasteiger partial charge in [0.25, 0.3) is 0 Å². The van der Waals surface area contributed by atoms with Crippen LogP contribution in [0.1, 0.15) is 17.3 Å². The zero-order chi connectivity index (χ0) is 14.7. The number of benzene rings is 2. The number of ketones is 1. The van der Waals surface area contributed by atoms with Gasteiger partial charge in [-0.2, -0.15) is 0 Å². The molecule has 104 valence electrons. The van der Waals surface area contributed by atoms with Crippen molar-refractivity contribution >= 4 is 17.2 Å². The molecule has 0 bridgehead atoms. The van der Waals surface area contributed by atoms with Crippen LogP contribution in [-0.2, 0) is 0 Å². The topological polar surface area (TPSA) is 29.5 Å². The first kappa shape index (κ1) is 14.1. The summed E-state index contributed by atoms with van der Waals surface area (Å²) in [5.41, 5.74) is 1.58. The van der Waals surface area contributed by atoms with Crippen molar-refractivity contribution in [1.82, 2.24) is 0 Å². The molecule has 0 atom stereocenters. The predicted octanol–water partition coefficient (Wildman–Crippen LogP) is 3.80. The third kappa shape index (κ3) is 2.79. The molecule has 0 unspecified atom stereocenters. The van der Waals surface area contributed by atoms with Crippen molar-refractivity contribution in [2.75, 3.05) is 19.1 Å². The molecule has 0 radical (unpaired) electrons. The molecule has 0 spiro atoms. The number of carbonyl (C=O) groups excluding carboxylic acids is 1. The highest BCUT2D eigenvalue weighted by atomic mass is 19.1. The Bertz CT molecular complexity index is 640. The summed E-state index contributed by atoms with van der Waals surface area (Å²) in [5, 5.41) is 0. The van der Waals surface area contributed by atoms with Gasteiger partial charge >= 0.3 is 0 Å². The summed E-state index contributed by atoms with van der Waals surface area (Å²) in [6.07, 6.45) is 0. The highest BCUT2D eigenvalue weighted by Crippen LogP contribution is 2.29. The molecular weight excluding hydrogens is 257 g/mol. The Balaban J connectivity index is 2.37. The standard InChI is InChI=1S/C16H16FNO2/c1-11(19)12-7-8-16(15(17)9-12)18(2)13-5-4-6-14(10-13)20-3/h4-10H,1-3H3. The second-order valence-corrected chi connectivity index (χ2v) is 4.48. The van der Waals surface area contributed by atoms with E-state index < -0.39 is 5.82 Å². The normalized spacial score (nSPS) is 10.2. The lowest BCUT2D eigenvalue weighted by Crippen LogP contribution is -2.11. The number of ether oxygens (including phenoxy) is 1. The van der Waals surface area contributed by atoms with Crippen LogP contribution in [0.4, 0.5) is 15.8 Å². The Kier molecular flexibility index (Phi) is 4.03. The average Bonchev–Trinajstić information content (AvgIpc) is 2.46. The van der Waals surface area contributed by atoms with Crippen molar-refractivity contribution in [2.24, 2.45) is 0 Å². The van der Waals surface area contributed by atoms with Crippen LogP contribution in [-0.4, -0.2) is 19.9 Å². The number of carbonyl (C=O) groups is 1. The van der Waals surface area contributed by atoms with Gasteiger partial charge in [-0.25, -0.2) is 4.39 Å². The van der Waals surface area contributed by atoms with Gasteiger partial charge in [-0.15, -0.1) is 0 Å². The molecular formula is C16H16FNO2. The van der Waals surface area contributed by atoms with Crippen molar-refractivity contribution in [3.05, 3.63) is 53.8 Å². The van der Waals surface area contributed by atoms with Crippen LogP contribution >= 0.6 is 0 Å². The van der Waals surface area contributed by atoms with E-state index in [1.807, 2.05) is 24.3 Å². The average molecular weight is 273 g/mol. The number of halogens is 1. The van der Waals surface area contributed by atoms with Crippen LogP contribution in [0.3, 0.4) is 0 Å². The van der Waals surface area contributed by atoms with Crippen LogP contribution in [0.25, 0.3) is 0 Å². The minimum Gasteiger partial charge on any atom is -0.497 e. The van der Waals surface area contributed by atoms with Gasteiger partial charge in [-0.05, 0) is 37.3 Å². The van der Waals surface area contributed by atoms with Gasteiger partial charge < -0.3 is 9.64 Å². The molecule has 3 nitrogen and oxygen atoms in total. The van der Waals surface area contributed by atoms with Gasteiger partial charge in [0.05, 0.1) is 12.8 Å². The van der Waals surface area contributed by atoms with Gasteiger partial charge in [-0.3, -0.25) is 4.79 Å². The fourth-order valence-corrected chi connectivity index (χ4v) is 1.96. The molecule has 0 aliphatic carbocycles. The maximum atomic E-state index is 14.1. The van der Waals surface area contributed by atoms with E-state index in [2.05, 4.69) is 0 Å². The van der Waals surface area contributed by atoms with Gasteiger partial charge in [0, 0.05) is 24.4 Å². The number of methoxy groups -OCH3 is 1. The number of nitrogens with zero attached hydrogens (tertiary/aromatic N) is 1. The van der Waals surface area contributed by atoms with Crippen LogP contribution in [0.2, 0.25) is 0 Å². The molecule has 2 aromatic rings. The smallest absolute Gasteiger partial charge is 0.159 e. The summed E-state index contributed by atoms with van der Waals surface area (Å²) < 4.78 is 19.3.